The van der Waals surface area contributed by atoms with Gasteiger partial charge in [-0.1, -0.05) is 23.7 Å². The zero-order valence-corrected chi connectivity index (χ0v) is 20.2. The molecule has 0 amide bonds. The van der Waals surface area contributed by atoms with Crippen LogP contribution >= 0.6 is 22.9 Å². The van der Waals surface area contributed by atoms with Gasteiger partial charge in [0.15, 0.2) is 5.82 Å². The number of esters is 1. The molecule has 0 bridgehead atoms. The molecule has 1 N–H and O–H groups in total. The number of aromatic nitrogens is 3. The molecule has 3 heterocycles. The summed E-state index contributed by atoms with van der Waals surface area (Å²) >= 11 is 7.60. The highest BCUT2D eigenvalue weighted by Gasteiger charge is 2.33. The molecule has 1 aliphatic rings. The molecule has 2 aromatic heterocycles. The fourth-order valence-electron chi connectivity index (χ4n) is 3.76. The van der Waals surface area contributed by atoms with Crippen LogP contribution in [0.5, 0.6) is 0 Å². The highest BCUT2D eigenvalue weighted by molar-refractivity contribution is 7.15. The SMILES string of the molecule is Cc1c(CO)sc2c1C(c1ccc(Cl)cc1)=N[C@@H](CC(=O)OC(C)(C)C)c1nnc(C)n1-2. The standard InChI is InChI=1S/C23H25ClN4O3S/c1-12-17(11-29)32-22-19(12)20(14-6-8-15(24)9-7-14)25-16(10-18(30)31-23(3,4)5)21-27-26-13(2)28(21)22/h6-9,16,29H,10-11H2,1-5H3/t16-/m0/s1. The smallest absolute Gasteiger partial charge is 0.308 e. The number of rotatable bonds is 4. The van der Waals surface area contributed by atoms with Crippen molar-refractivity contribution in [3.63, 3.8) is 0 Å². The Bertz CT molecular complexity index is 1210. The highest BCUT2D eigenvalue weighted by atomic mass is 35.5. The Morgan fingerprint density at radius 3 is 2.53 bits per heavy atom. The lowest BCUT2D eigenvalue weighted by molar-refractivity contribution is -0.155. The second-order valence-corrected chi connectivity index (χ2v) is 10.2. The topological polar surface area (TPSA) is 89.6 Å². The van der Waals surface area contributed by atoms with Crippen LogP contribution in [0.15, 0.2) is 29.3 Å². The van der Waals surface area contributed by atoms with Crippen LogP contribution in [-0.2, 0) is 16.1 Å². The Balaban J connectivity index is 1.93. The van der Waals surface area contributed by atoms with Gasteiger partial charge in [0, 0.05) is 21.0 Å². The predicted molar refractivity (Wildman–Crippen MR) is 125 cm³/mol. The number of thiophene rings is 1. The maximum absolute atomic E-state index is 12.7. The number of aliphatic hydroxyl groups excluding tert-OH is 1. The Morgan fingerprint density at radius 1 is 1.22 bits per heavy atom. The van der Waals surface area contributed by atoms with Crippen LogP contribution in [0.3, 0.4) is 0 Å². The van der Waals surface area contributed by atoms with Crippen LogP contribution in [0.25, 0.3) is 5.00 Å². The lowest BCUT2D eigenvalue weighted by atomic mass is 9.99. The van der Waals surface area contributed by atoms with Crippen LogP contribution < -0.4 is 0 Å². The van der Waals surface area contributed by atoms with E-state index in [2.05, 4.69) is 10.2 Å². The van der Waals surface area contributed by atoms with Crippen LogP contribution in [0.2, 0.25) is 5.02 Å². The number of fused-ring (bicyclic) bond motifs is 3. The van der Waals surface area contributed by atoms with Crippen LogP contribution in [0.1, 0.15) is 66.5 Å². The van der Waals surface area contributed by atoms with Gasteiger partial charge in [-0.2, -0.15) is 0 Å². The molecule has 0 saturated heterocycles. The first-order valence-electron chi connectivity index (χ1n) is 10.3. The average Bonchev–Trinajstić information content (AvgIpc) is 3.20. The highest BCUT2D eigenvalue weighted by Crippen LogP contribution is 2.40. The van der Waals surface area contributed by atoms with Crippen molar-refractivity contribution in [3.8, 4) is 5.00 Å². The van der Waals surface area contributed by atoms with Gasteiger partial charge in [-0.05, 0) is 52.3 Å². The Kier molecular flexibility index (Phi) is 5.96. The van der Waals surface area contributed by atoms with E-state index in [1.807, 2.05) is 63.5 Å². The van der Waals surface area contributed by atoms with E-state index < -0.39 is 11.6 Å². The van der Waals surface area contributed by atoms with E-state index in [4.69, 9.17) is 21.3 Å². The summed E-state index contributed by atoms with van der Waals surface area (Å²) in [6.45, 7) is 9.28. The molecular weight excluding hydrogens is 448 g/mol. The molecule has 0 fully saturated rings. The fourth-order valence-corrected chi connectivity index (χ4v) is 5.11. The number of aliphatic imine (C=N–C) groups is 1. The first kappa shape index (κ1) is 22.6. The largest absolute Gasteiger partial charge is 0.460 e. The number of carbonyl (C=O) groups is 1. The van der Waals surface area contributed by atoms with Gasteiger partial charge in [-0.25, -0.2) is 0 Å². The summed E-state index contributed by atoms with van der Waals surface area (Å²) in [6, 6.07) is 6.86. The minimum Gasteiger partial charge on any atom is -0.460 e. The normalized spacial score (nSPS) is 15.6. The molecule has 1 aromatic carbocycles. The number of ether oxygens (including phenoxy) is 1. The summed E-state index contributed by atoms with van der Waals surface area (Å²) in [7, 11) is 0. The van der Waals surface area contributed by atoms with E-state index in [0.717, 1.165) is 32.3 Å². The van der Waals surface area contributed by atoms with Crippen molar-refractivity contribution in [1.29, 1.82) is 0 Å². The van der Waals surface area contributed by atoms with Gasteiger partial charge in [0.2, 0.25) is 0 Å². The number of halogens is 1. The molecule has 168 valence electrons. The summed E-state index contributed by atoms with van der Waals surface area (Å²) in [5.41, 5.74) is 2.84. The first-order chi connectivity index (χ1) is 15.1. The number of hydrogen-bond donors (Lipinski definition) is 1. The number of benzene rings is 1. The maximum Gasteiger partial charge on any atom is 0.308 e. The third kappa shape index (κ3) is 4.22. The Labute approximate surface area is 195 Å². The molecule has 9 heteroatoms. The van der Waals surface area contributed by atoms with E-state index in [0.29, 0.717) is 16.7 Å². The van der Waals surface area contributed by atoms with Crippen molar-refractivity contribution in [2.24, 2.45) is 4.99 Å². The Hall–Kier alpha value is -2.55. The number of aliphatic hydroxyl groups is 1. The van der Waals surface area contributed by atoms with E-state index in [1.165, 1.54) is 11.3 Å². The molecule has 0 radical (unpaired) electrons. The number of carbonyl (C=O) groups excluding carboxylic acids is 1. The third-order valence-corrected chi connectivity index (χ3v) is 6.65. The minimum atomic E-state index is -0.598. The minimum absolute atomic E-state index is 0.0351. The molecule has 7 nitrogen and oxygen atoms in total. The van der Waals surface area contributed by atoms with Crippen molar-refractivity contribution in [1.82, 2.24) is 14.8 Å². The second-order valence-electron chi connectivity index (χ2n) is 8.72. The summed E-state index contributed by atoms with van der Waals surface area (Å²) in [5, 5.41) is 20.1. The van der Waals surface area contributed by atoms with E-state index in [1.54, 1.807) is 0 Å². The van der Waals surface area contributed by atoms with Crippen molar-refractivity contribution >= 4 is 34.6 Å². The third-order valence-electron chi connectivity index (χ3n) is 5.14. The molecule has 0 aliphatic carbocycles. The van der Waals surface area contributed by atoms with Gasteiger partial charge in [-0.3, -0.25) is 14.4 Å². The molecule has 1 atom stereocenters. The van der Waals surface area contributed by atoms with Gasteiger partial charge in [0.25, 0.3) is 0 Å². The molecule has 0 unspecified atom stereocenters. The van der Waals surface area contributed by atoms with Crippen molar-refractivity contribution in [2.45, 2.75) is 59.3 Å². The van der Waals surface area contributed by atoms with Gasteiger partial charge >= 0.3 is 5.97 Å². The predicted octanol–water partition coefficient (Wildman–Crippen LogP) is 4.72. The van der Waals surface area contributed by atoms with Gasteiger partial charge < -0.3 is 9.84 Å². The van der Waals surface area contributed by atoms with Crippen molar-refractivity contribution in [2.75, 3.05) is 0 Å². The summed E-state index contributed by atoms with van der Waals surface area (Å²) in [5.74, 6) is 0.907. The fraction of sp³-hybridized carbons (Fsp3) is 0.391. The van der Waals surface area contributed by atoms with Gasteiger partial charge in [0.05, 0.1) is 18.7 Å². The monoisotopic (exact) mass is 472 g/mol. The van der Waals surface area contributed by atoms with Crippen LogP contribution in [-0.4, -0.2) is 37.2 Å². The lowest BCUT2D eigenvalue weighted by Crippen LogP contribution is -2.25. The van der Waals surface area contributed by atoms with Crippen molar-refractivity contribution in [3.05, 3.63) is 62.5 Å². The summed E-state index contributed by atoms with van der Waals surface area (Å²) in [6.07, 6.45) is 0.0351. The molecular formula is C23H25ClN4O3S. The number of aryl methyl sites for hydroxylation is 1. The van der Waals surface area contributed by atoms with E-state index in [-0.39, 0.29) is 19.0 Å². The lowest BCUT2D eigenvalue weighted by Gasteiger charge is -2.21. The first-order valence-corrected chi connectivity index (χ1v) is 11.5. The van der Waals surface area contributed by atoms with Gasteiger partial charge in [-0.15, -0.1) is 21.5 Å². The molecule has 3 aromatic rings. The molecule has 1 aliphatic heterocycles. The van der Waals surface area contributed by atoms with E-state index >= 15 is 0 Å². The van der Waals surface area contributed by atoms with Crippen LogP contribution in [0, 0.1) is 13.8 Å². The van der Waals surface area contributed by atoms with Crippen molar-refractivity contribution < 1.29 is 14.6 Å². The summed E-state index contributed by atoms with van der Waals surface area (Å²) in [4.78, 5) is 18.6. The quantitative estimate of drug-likeness (QED) is 0.555. The Morgan fingerprint density at radius 2 is 1.91 bits per heavy atom. The summed E-state index contributed by atoms with van der Waals surface area (Å²) < 4.78 is 7.50. The molecule has 0 saturated carbocycles. The molecule has 4 rings (SSSR count). The zero-order chi connectivity index (χ0) is 23.2. The maximum atomic E-state index is 12.7. The average molecular weight is 473 g/mol. The molecule has 32 heavy (non-hydrogen) atoms. The second kappa shape index (κ2) is 8.42. The van der Waals surface area contributed by atoms with Crippen LogP contribution in [0.4, 0.5) is 0 Å². The number of nitrogens with zero attached hydrogens (tertiary/aromatic N) is 4. The van der Waals surface area contributed by atoms with E-state index in [9.17, 15) is 9.90 Å². The van der Waals surface area contributed by atoms with Gasteiger partial charge in [0.1, 0.15) is 22.5 Å². The number of hydrogen-bond acceptors (Lipinski definition) is 7. The molecule has 0 spiro atoms. The zero-order valence-electron chi connectivity index (χ0n) is 18.6.